The maximum absolute atomic E-state index is 12.6. The molecule has 1 heterocycles. The molecule has 4 nitrogen and oxygen atoms in total. The molecule has 4 rings (SSSR count). The second-order valence-electron chi connectivity index (χ2n) is 6.11. The summed E-state index contributed by atoms with van der Waals surface area (Å²) in [5, 5.41) is 0.487. The zero-order chi connectivity index (χ0) is 18.6. The van der Waals surface area contributed by atoms with Gasteiger partial charge in [-0.3, -0.25) is 4.79 Å². The summed E-state index contributed by atoms with van der Waals surface area (Å²) in [6.07, 6.45) is 0. The highest BCUT2D eigenvalue weighted by molar-refractivity contribution is 5.81. The Hall–Kier alpha value is -3.53. The third kappa shape index (κ3) is 3.55. The number of ether oxygens (including phenoxy) is 2. The van der Waals surface area contributed by atoms with Crippen molar-refractivity contribution < 1.29 is 13.9 Å². The molecule has 0 amide bonds. The van der Waals surface area contributed by atoms with Gasteiger partial charge in [-0.2, -0.15) is 0 Å². The molecule has 0 saturated carbocycles. The summed E-state index contributed by atoms with van der Waals surface area (Å²) in [5.74, 6) is 1.76. The zero-order valence-electron chi connectivity index (χ0n) is 14.8. The molecular weight excluding hydrogens is 340 g/mol. The van der Waals surface area contributed by atoms with Gasteiger partial charge in [0.2, 0.25) is 0 Å². The molecule has 1 aromatic heterocycles. The minimum Gasteiger partial charge on any atom is -0.497 e. The zero-order valence-corrected chi connectivity index (χ0v) is 14.8. The fraction of sp³-hybridized carbons (Fsp3) is 0.0870. The Morgan fingerprint density at radius 2 is 1.67 bits per heavy atom. The van der Waals surface area contributed by atoms with Crippen LogP contribution in [0, 0.1) is 0 Å². The third-order valence-corrected chi connectivity index (χ3v) is 4.32. The Kier molecular flexibility index (Phi) is 4.62. The van der Waals surface area contributed by atoms with Crippen LogP contribution in [-0.4, -0.2) is 7.11 Å². The third-order valence-electron chi connectivity index (χ3n) is 4.32. The largest absolute Gasteiger partial charge is 0.497 e. The lowest BCUT2D eigenvalue weighted by Crippen LogP contribution is -2.02. The Labute approximate surface area is 156 Å². The summed E-state index contributed by atoms with van der Waals surface area (Å²) in [5.41, 5.74) is 2.20. The molecule has 0 aliphatic rings. The maximum Gasteiger partial charge on any atom is 0.193 e. The highest BCUT2D eigenvalue weighted by Gasteiger charge is 2.12. The van der Waals surface area contributed by atoms with Gasteiger partial charge in [-0.25, -0.2) is 0 Å². The van der Waals surface area contributed by atoms with Gasteiger partial charge in [0.25, 0.3) is 0 Å². The van der Waals surface area contributed by atoms with Crippen LogP contribution in [0.2, 0.25) is 0 Å². The van der Waals surface area contributed by atoms with Crippen molar-refractivity contribution in [3.8, 4) is 22.8 Å². The summed E-state index contributed by atoms with van der Waals surface area (Å²) in [6.45, 7) is 0.437. The molecule has 0 unspecified atom stereocenters. The summed E-state index contributed by atoms with van der Waals surface area (Å²) in [6, 6.07) is 24.2. The van der Waals surface area contributed by atoms with E-state index in [1.54, 1.807) is 25.3 Å². The lowest BCUT2D eigenvalue weighted by atomic mass is 10.1. The molecule has 0 radical (unpaired) electrons. The predicted octanol–water partition coefficient (Wildman–Crippen LogP) is 5.05. The molecule has 27 heavy (non-hydrogen) atoms. The molecule has 4 heteroatoms. The maximum atomic E-state index is 12.6. The van der Waals surface area contributed by atoms with Crippen molar-refractivity contribution in [2.45, 2.75) is 6.61 Å². The predicted molar refractivity (Wildman–Crippen MR) is 105 cm³/mol. The monoisotopic (exact) mass is 358 g/mol. The van der Waals surface area contributed by atoms with Crippen LogP contribution in [0.1, 0.15) is 5.56 Å². The number of rotatable bonds is 5. The van der Waals surface area contributed by atoms with E-state index in [-0.39, 0.29) is 5.43 Å². The molecule has 0 N–H and O–H groups in total. The van der Waals surface area contributed by atoms with Crippen molar-refractivity contribution in [2.24, 2.45) is 0 Å². The minimum atomic E-state index is -0.122. The van der Waals surface area contributed by atoms with Gasteiger partial charge >= 0.3 is 0 Å². The highest BCUT2D eigenvalue weighted by Crippen LogP contribution is 2.31. The van der Waals surface area contributed by atoms with Gasteiger partial charge in [0, 0.05) is 6.07 Å². The van der Waals surface area contributed by atoms with Crippen molar-refractivity contribution in [3.63, 3.8) is 0 Å². The van der Waals surface area contributed by atoms with Crippen LogP contribution in [0.25, 0.3) is 22.3 Å². The Bertz CT molecular complexity index is 1130. The van der Waals surface area contributed by atoms with Crippen LogP contribution in [-0.2, 0) is 6.61 Å². The first-order valence-electron chi connectivity index (χ1n) is 8.62. The van der Waals surface area contributed by atoms with E-state index in [9.17, 15) is 4.79 Å². The van der Waals surface area contributed by atoms with Crippen LogP contribution < -0.4 is 14.9 Å². The number of fused-ring (bicyclic) bond motifs is 1. The first-order valence-corrected chi connectivity index (χ1v) is 8.62. The van der Waals surface area contributed by atoms with Crippen molar-refractivity contribution in [1.29, 1.82) is 0 Å². The van der Waals surface area contributed by atoms with Crippen molar-refractivity contribution >= 4 is 11.0 Å². The van der Waals surface area contributed by atoms with Crippen LogP contribution in [0.4, 0.5) is 0 Å². The second-order valence-corrected chi connectivity index (χ2v) is 6.11. The average molecular weight is 358 g/mol. The summed E-state index contributed by atoms with van der Waals surface area (Å²) >= 11 is 0. The first-order chi connectivity index (χ1) is 13.2. The van der Waals surface area contributed by atoms with Gasteiger partial charge in [0.1, 0.15) is 29.4 Å². The molecule has 3 aromatic carbocycles. The smallest absolute Gasteiger partial charge is 0.193 e. The van der Waals surface area contributed by atoms with Crippen LogP contribution in [0.3, 0.4) is 0 Å². The highest BCUT2D eigenvalue weighted by atomic mass is 16.5. The Morgan fingerprint density at radius 3 is 2.48 bits per heavy atom. The molecule has 0 saturated heterocycles. The number of methoxy groups -OCH3 is 1. The van der Waals surface area contributed by atoms with E-state index < -0.39 is 0 Å². The van der Waals surface area contributed by atoms with Crippen LogP contribution in [0.5, 0.6) is 11.5 Å². The second kappa shape index (κ2) is 7.38. The van der Waals surface area contributed by atoms with E-state index in [1.807, 2.05) is 54.6 Å². The van der Waals surface area contributed by atoms with Crippen molar-refractivity contribution in [3.05, 3.63) is 94.6 Å². The van der Waals surface area contributed by atoms with Gasteiger partial charge < -0.3 is 13.9 Å². The minimum absolute atomic E-state index is 0.122. The lowest BCUT2D eigenvalue weighted by Gasteiger charge is -2.11. The first kappa shape index (κ1) is 16.9. The van der Waals surface area contributed by atoms with E-state index in [1.165, 1.54) is 6.07 Å². The fourth-order valence-corrected chi connectivity index (χ4v) is 2.93. The standard InChI is InChI=1S/C23H18O4/c1-25-17-11-12-22-19(13-17)20(24)14-23(27-22)18-9-5-6-10-21(18)26-15-16-7-3-2-4-8-16/h2-14H,15H2,1H3. The van der Waals surface area contributed by atoms with Crippen LogP contribution in [0.15, 0.2) is 88.1 Å². The summed E-state index contributed by atoms with van der Waals surface area (Å²) in [7, 11) is 1.57. The quantitative estimate of drug-likeness (QED) is 0.501. The van der Waals surface area contributed by atoms with Gasteiger partial charge in [-0.05, 0) is 35.9 Å². The van der Waals surface area contributed by atoms with E-state index in [0.717, 1.165) is 11.1 Å². The fourth-order valence-electron chi connectivity index (χ4n) is 2.93. The Morgan fingerprint density at radius 1 is 0.889 bits per heavy atom. The molecule has 0 atom stereocenters. The molecule has 0 aliphatic heterocycles. The Balaban J connectivity index is 1.72. The van der Waals surface area contributed by atoms with Gasteiger partial charge in [0.15, 0.2) is 5.43 Å². The average Bonchev–Trinajstić information content (AvgIpc) is 2.73. The van der Waals surface area contributed by atoms with Crippen molar-refractivity contribution in [1.82, 2.24) is 0 Å². The molecule has 0 bridgehead atoms. The van der Waals surface area contributed by atoms with E-state index in [2.05, 4.69) is 0 Å². The topological polar surface area (TPSA) is 48.7 Å². The number of hydrogen-bond acceptors (Lipinski definition) is 4. The molecule has 0 spiro atoms. The molecule has 0 aliphatic carbocycles. The van der Waals surface area contributed by atoms with Gasteiger partial charge in [-0.1, -0.05) is 42.5 Å². The number of benzene rings is 3. The van der Waals surface area contributed by atoms with Crippen LogP contribution >= 0.6 is 0 Å². The normalized spacial score (nSPS) is 10.7. The lowest BCUT2D eigenvalue weighted by molar-refractivity contribution is 0.307. The molecule has 134 valence electrons. The van der Waals surface area contributed by atoms with E-state index >= 15 is 0 Å². The van der Waals surface area contributed by atoms with E-state index in [0.29, 0.717) is 34.8 Å². The molecule has 0 fully saturated rings. The molecule has 4 aromatic rings. The number of hydrogen-bond donors (Lipinski definition) is 0. The summed E-state index contributed by atoms with van der Waals surface area (Å²) < 4.78 is 17.2. The molecular formula is C23H18O4. The number of para-hydroxylation sites is 1. The SMILES string of the molecule is COc1ccc2oc(-c3ccccc3OCc3ccccc3)cc(=O)c2c1. The van der Waals surface area contributed by atoms with Gasteiger partial charge in [0.05, 0.1) is 18.1 Å². The van der Waals surface area contributed by atoms with E-state index in [4.69, 9.17) is 13.9 Å². The summed E-state index contributed by atoms with van der Waals surface area (Å²) in [4.78, 5) is 12.6. The van der Waals surface area contributed by atoms with Gasteiger partial charge in [-0.15, -0.1) is 0 Å². The van der Waals surface area contributed by atoms with Crippen molar-refractivity contribution in [2.75, 3.05) is 7.11 Å².